The second kappa shape index (κ2) is 9.27. The molecule has 0 bridgehead atoms. The minimum Gasteiger partial charge on any atom is -0.387 e. The van der Waals surface area contributed by atoms with Crippen LogP contribution in [0.4, 0.5) is 10.2 Å². The lowest BCUT2D eigenvalue weighted by molar-refractivity contribution is -0.0482. The highest BCUT2D eigenvalue weighted by Gasteiger charge is 2.48. The average Bonchev–Trinajstić information content (AvgIpc) is 2.81. The van der Waals surface area contributed by atoms with E-state index in [-0.39, 0.29) is 9.39 Å². The van der Waals surface area contributed by atoms with Crippen LogP contribution in [0.15, 0.2) is 11.0 Å². The number of anilines is 1. The molecule has 172 valence electrons. The fourth-order valence-corrected chi connectivity index (χ4v) is 5.63. The molecule has 1 saturated heterocycles. The van der Waals surface area contributed by atoms with Crippen molar-refractivity contribution in [2.45, 2.75) is 24.6 Å². The predicted molar refractivity (Wildman–Crippen MR) is 100 cm³/mol. The number of phosphoric acid groups is 3. The number of ether oxygens (including phenoxy) is 1. The van der Waals surface area contributed by atoms with Gasteiger partial charge >= 0.3 is 29.2 Å². The van der Waals surface area contributed by atoms with Crippen molar-refractivity contribution in [2.75, 3.05) is 12.3 Å². The van der Waals surface area contributed by atoms with Gasteiger partial charge in [-0.3, -0.25) is 9.09 Å². The number of phosphoric ester groups is 1. The van der Waals surface area contributed by atoms with Crippen LogP contribution < -0.4 is 11.4 Å². The number of nitrogens with zero attached hydrogens (tertiary/aromatic N) is 2. The summed E-state index contributed by atoms with van der Waals surface area (Å²) in [7, 11) is -16.8. The van der Waals surface area contributed by atoms with Crippen LogP contribution in [0.1, 0.15) is 6.23 Å². The van der Waals surface area contributed by atoms with Gasteiger partial charge in [-0.25, -0.2) is 22.9 Å². The molecule has 0 aromatic carbocycles. The molecule has 1 aliphatic rings. The van der Waals surface area contributed by atoms with Gasteiger partial charge in [0.15, 0.2) is 12.4 Å². The van der Waals surface area contributed by atoms with Gasteiger partial charge < -0.3 is 35.2 Å². The van der Waals surface area contributed by atoms with Crippen LogP contribution >= 0.6 is 46.1 Å². The molecule has 6 atom stereocenters. The Bertz CT molecular complexity index is 1000. The summed E-state index contributed by atoms with van der Waals surface area (Å²) in [6.45, 7) is -1.10. The SMILES string of the molecule is Nc1nc(=O)n(C2OC(COP(=O)(O)OP(=O)(O)OP(=O)(O)O)C(O)C2F)cc1I. The molecule has 1 aromatic heterocycles. The second-order valence-corrected chi connectivity index (χ2v) is 11.1. The van der Waals surface area contributed by atoms with Crippen LogP contribution in [0.5, 0.6) is 0 Å². The summed E-state index contributed by atoms with van der Waals surface area (Å²) < 4.78 is 65.2. The molecule has 1 fully saturated rings. The number of nitrogen functional groups attached to an aromatic ring is 1. The molecule has 21 heteroatoms. The van der Waals surface area contributed by atoms with Crippen LogP contribution in [0.25, 0.3) is 0 Å². The quantitative estimate of drug-likeness (QED) is 0.158. The van der Waals surface area contributed by atoms with Crippen molar-refractivity contribution in [1.29, 1.82) is 0 Å². The Kier molecular flexibility index (Phi) is 8.01. The molecule has 1 aliphatic heterocycles. The van der Waals surface area contributed by atoms with Crippen molar-refractivity contribution in [2.24, 2.45) is 0 Å². The highest BCUT2D eigenvalue weighted by molar-refractivity contribution is 14.1. The Morgan fingerprint density at radius 1 is 1.23 bits per heavy atom. The zero-order chi connectivity index (χ0) is 23.1. The molecule has 6 unspecified atom stereocenters. The molecular weight excluding hydrogens is 597 g/mol. The number of hydrogen-bond acceptors (Lipinski definition) is 11. The Labute approximate surface area is 179 Å². The zero-order valence-corrected chi connectivity index (χ0v) is 19.0. The Morgan fingerprint density at radius 2 is 1.83 bits per heavy atom. The van der Waals surface area contributed by atoms with E-state index in [0.29, 0.717) is 4.57 Å². The number of aliphatic hydroxyl groups is 1. The van der Waals surface area contributed by atoms with Crippen molar-refractivity contribution in [3.63, 3.8) is 0 Å². The molecule has 0 radical (unpaired) electrons. The van der Waals surface area contributed by atoms with Crippen LogP contribution in [0, 0.1) is 3.57 Å². The van der Waals surface area contributed by atoms with E-state index >= 15 is 0 Å². The molecule has 0 aliphatic carbocycles. The number of aliphatic hydroxyl groups excluding tert-OH is 1. The number of halogens is 2. The predicted octanol–water partition coefficient (Wildman–Crippen LogP) is -0.630. The molecular formula is C9H14FIN3O13P3. The third-order valence-corrected chi connectivity index (χ3v) is 7.95. The van der Waals surface area contributed by atoms with Crippen molar-refractivity contribution in [3.8, 4) is 0 Å². The van der Waals surface area contributed by atoms with Crippen LogP contribution in [-0.2, 0) is 31.6 Å². The fraction of sp³-hybridized carbons (Fsp3) is 0.556. The van der Waals surface area contributed by atoms with Gasteiger partial charge in [0, 0.05) is 6.20 Å². The lowest BCUT2D eigenvalue weighted by atomic mass is 10.1. The maximum atomic E-state index is 14.4. The lowest BCUT2D eigenvalue weighted by Gasteiger charge is -2.19. The lowest BCUT2D eigenvalue weighted by Crippen LogP contribution is -2.34. The van der Waals surface area contributed by atoms with Gasteiger partial charge in [-0.05, 0) is 22.6 Å². The summed E-state index contributed by atoms with van der Waals surface area (Å²) >= 11 is 1.70. The Hall–Kier alpha value is -0.330. The van der Waals surface area contributed by atoms with E-state index in [1.165, 1.54) is 0 Å². The van der Waals surface area contributed by atoms with Gasteiger partial charge in [0.25, 0.3) is 0 Å². The highest BCUT2D eigenvalue weighted by atomic mass is 127. The van der Waals surface area contributed by atoms with Gasteiger partial charge in [-0.2, -0.15) is 13.6 Å². The van der Waals surface area contributed by atoms with E-state index in [4.69, 9.17) is 25.2 Å². The molecule has 0 amide bonds. The number of rotatable bonds is 8. The van der Waals surface area contributed by atoms with E-state index in [2.05, 4.69) is 18.1 Å². The first kappa shape index (κ1) is 25.9. The zero-order valence-electron chi connectivity index (χ0n) is 14.2. The second-order valence-electron chi connectivity index (χ2n) is 5.55. The molecule has 1 aromatic rings. The third-order valence-electron chi connectivity index (χ3n) is 3.32. The topological polar surface area (TPSA) is 250 Å². The minimum atomic E-state index is -5.75. The van der Waals surface area contributed by atoms with Gasteiger partial charge in [0.05, 0.1) is 10.2 Å². The maximum Gasteiger partial charge on any atom is 0.490 e. The van der Waals surface area contributed by atoms with E-state index < -0.39 is 60.4 Å². The molecule has 0 spiro atoms. The summed E-state index contributed by atoms with van der Waals surface area (Å²) in [6.07, 6.45) is -6.50. The van der Waals surface area contributed by atoms with Gasteiger partial charge in [0.2, 0.25) is 0 Å². The molecule has 2 heterocycles. The molecule has 30 heavy (non-hydrogen) atoms. The Balaban J connectivity index is 2.09. The normalized spacial score (nSPS) is 28.8. The average molecular weight is 611 g/mol. The first-order valence-corrected chi connectivity index (χ1v) is 12.9. The van der Waals surface area contributed by atoms with E-state index in [1.807, 2.05) is 0 Å². The van der Waals surface area contributed by atoms with Gasteiger partial charge in [-0.15, -0.1) is 0 Å². The van der Waals surface area contributed by atoms with Crippen LogP contribution in [-0.4, -0.2) is 59.2 Å². The maximum absolute atomic E-state index is 14.4. The summed E-state index contributed by atoms with van der Waals surface area (Å²) in [5.41, 5.74) is 4.44. The summed E-state index contributed by atoms with van der Waals surface area (Å²) in [5, 5.41) is 9.90. The van der Waals surface area contributed by atoms with E-state index in [1.54, 1.807) is 22.6 Å². The highest BCUT2D eigenvalue weighted by Crippen LogP contribution is 2.66. The van der Waals surface area contributed by atoms with Gasteiger partial charge in [0.1, 0.15) is 18.0 Å². The number of alkyl halides is 1. The van der Waals surface area contributed by atoms with Crippen molar-refractivity contribution >= 4 is 51.9 Å². The first-order valence-electron chi connectivity index (χ1n) is 7.31. The largest absolute Gasteiger partial charge is 0.490 e. The Morgan fingerprint density at radius 3 is 2.40 bits per heavy atom. The smallest absolute Gasteiger partial charge is 0.387 e. The summed E-state index contributed by atoms with van der Waals surface area (Å²) in [5.74, 6) is -0.130. The monoisotopic (exact) mass is 611 g/mol. The van der Waals surface area contributed by atoms with E-state index in [0.717, 1.165) is 6.20 Å². The standard InChI is InChI=1S/C9H14FIN3O13P3/c10-5-6(15)4(25-8(5)14-1-3(11)7(12)13-9(14)16)2-24-29(20,21)27-30(22,23)26-28(17,18)19/h1,4-6,8,15H,2H2,(H,20,21)(H,22,23)(H2,12,13,16)(H2,17,18,19). The molecule has 16 nitrogen and oxygen atoms in total. The molecule has 0 saturated carbocycles. The molecule has 2 rings (SSSR count). The third kappa shape index (κ3) is 6.83. The molecule has 7 N–H and O–H groups in total. The minimum absolute atomic E-state index is 0.130. The van der Waals surface area contributed by atoms with E-state index in [9.17, 15) is 32.9 Å². The van der Waals surface area contributed by atoms with Crippen LogP contribution in [0.2, 0.25) is 0 Å². The van der Waals surface area contributed by atoms with Crippen LogP contribution in [0.3, 0.4) is 0 Å². The number of aromatic nitrogens is 2. The first-order chi connectivity index (χ1) is 13.5. The number of hydrogen-bond donors (Lipinski definition) is 6. The van der Waals surface area contributed by atoms with Crippen molar-refractivity contribution < 1.29 is 60.6 Å². The van der Waals surface area contributed by atoms with Crippen molar-refractivity contribution in [1.82, 2.24) is 9.55 Å². The number of nitrogens with two attached hydrogens (primary N) is 1. The van der Waals surface area contributed by atoms with Gasteiger partial charge in [-0.1, -0.05) is 0 Å². The summed E-state index contributed by atoms with van der Waals surface area (Å²) in [6, 6.07) is 0. The fourth-order valence-electron chi connectivity index (χ4n) is 2.18. The summed E-state index contributed by atoms with van der Waals surface area (Å²) in [4.78, 5) is 50.7. The van der Waals surface area contributed by atoms with Crippen molar-refractivity contribution in [3.05, 3.63) is 20.3 Å².